The Balaban J connectivity index is 2.76. The van der Waals surface area contributed by atoms with Crippen LogP contribution in [0.1, 0.15) is 38.3 Å². The van der Waals surface area contributed by atoms with Crippen molar-refractivity contribution in [3.05, 3.63) is 34.3 Å². The van der Waals surface area contributed by atoms with Gasteiger partial charge in [-0.2, -0.15) is 0 Å². The number of hydrogen-bond donors (Lipinski definition) is 1. The molecule has 0 amide bonds. The Kier molecular flexibility index (Phi) is 6.22. The molecule has 1 nitrogen and oxygen atoms in total. The Labute approximate surface area is 107 Å². The van der Waals surface area contributed by atoms with Crippen molar-refractivity contribution in [2.24, 2.45) is 0 Å². The van der Waals surface area contributed by atoms with Crippen molar-refractivity contribution in [3.8, 4) is 11.8 Å². The fourth-order valence-electron chi connectivity index (χ4n) is 1.55. The fourth-order valence-corrected chi connectivity index (χ4v) is 1.97. The molecule has 0 heterocycles. The normalized spacial score (nSPS) is 11.7. The summed E-state index contributed by atoms with van der Waals surface area (Å²) in [7, 11) is 0. The predicted octanol–water partition coefficient (Wildman–Crippen LogP) is 3.90. The summed E-state index contributed by atoms with van der Waals surface area (Å²) in [5, 5.41) is 3.52. The van der Waals surface area contributed by atoms with Gasteiger partial charge in [0.1, 0.15) is 0 Å². The molecule has 0 fully saturated rings. The number of hydrogen-bond acceptors (Lipinski definition) is 1. The molecular formula is C14H18BrN. The first kappa shape index (κ1) is 13.3. The zero-order valence-electron chi connectivity index (χ0n) is 9.89. The smallest absolute Gasteiger partial charge is 0.0431 e. The SMILES string of the molecule is CC#CCC(NCCC)c1cccc(Br)c1. The maximum Gasteiger partial charge on any atom is 0.0431 e. The van der Waals surface area contributed by atoms with Crippen molar-refractivity contribution in [3.63, 3.8) is 0 Å². The van der Waals surface area contributed by atoms with Crippen molar-refractivity contribution in [1.82, 2.24) is 5.32 Å². The van der Waals surface area contributed by atoms with Gasteiger partial charge in [0.2, 0.25) is 0 Å². The van der Waals surface area contributed by atoms with Crippen LogP contribution in [-0.2, 0) is 0 Å². The van der Waals surface area contributed by atoms with Gasteiger partial charge in [-0.25, -0.2) is 0 Å². The first-order chi connectivity index (χ1) is 7.77. The van der Waals surface area contributed by atoms with Crippen LogP contribution in [0.5, 0.6) is 0 Å². The minimum atomic E-state index is 0.338. The highest BCUT2D eigenvalue weighted by molar-refractivity contribution is 9.10. The van der Waals surface area contributed by atoms with Crippen LogP contribution in [0.3, 0.4) is 0 Å². The maximum absolute atomic E-state index is 3.52. The van der Waals surface area contributed by atoms with Gasteiger partial charge < -0.3 is 5.32 Å². The standard InChI is InChI=1S/C14H18BrN/c1-3-5-9-14(16-10-4-2)12-7-6-8-13(15)11-12/h6-8,11,14,16H,4,9-10H2,1-2H3. The van der Waals surface area contributed by atoms with E-state index in [9.17, 15) is 0 Å². The molecule has 1 aromatic carbocycles. The highest BCUT2D eigenvalue weighted by Gasteiger charge is 2.08. The van der Waals surface area contributed by atoms with E-state index >= 15 is 0 Å². The van der Waals surface area contributed by atoms with Crippen molar-refractivity contribution in [2.75, 3.05) is 6.54 Å². The quantitative estimate of drug-likeness (QED) is 0.806. The van der Waals surface area contributed by atoms with Gasteiger partial charge in [-0.3, -0.25) is 0 Å². The molecule has 1 aromatic rings. The van der Waals surface area contributed by atoms with E-state index in [1.54, 1.807) is 0 Å². The third-order valence-electron chi connectivity index (χ3n) is 2.37. The molecule has 0 saturated carbocycles. The lowest BCUT2D eigenvalue weighted by Crippen LogP contribution is -2.21. The Bertz CT molecular complexity index is 376. The third kappa shape index (κ3) is 4.38. The van der Waals surface area contributed by atoms with Gasteiger partial charge in [-0.1, -0.05) is 35.0 Å². The Morgan fingerprint density at radius 3 is 2.88 bits per heavy atom. The predicted molar refractivity (Wildman–Crippen MR) is 73.2 cm³/mol. The first-order valence-electron chi connectivity index (χ1n) is 5.66. The lowest BCUT2D eigenvalue weighted by Gasteiger charge is -2.16. The molecule has 0 aliphatic heterocycles. The van der Waals surface area contributed by atoms with Crippen LogP contribution in [0, 0.1) is 11.8 Å². The number of halogens is 1. The Morgan fingerprint density at radius 2 is 2.25 bits per heavy atom. The molecule has 1 unspecified atom stereocenters. The summed E-state index contributed by atoms with van der Waals surface area (Å²) in [5.41, 5.74) is 1.30. The van der Waals surface area contributed by atoms with Crippen LogP contribution in [0.4, 0.5) is 0 Å². The summed E-state index contributed by atoms with van der Waals surface area (Å²) in [5.74, 6) is 6.10. The van der Waals surface area contributed by atoms with Gasteiger partial charge in [0, 0.05) is 16.9 Å². The third-order valence-corrected chi connectivity index (χ3v) is 2.87. The van der Waals surface area contributed by atoms with Crippen molar-refractivity contribution < 1.29 is 0 Å². The van der Waals surface area contributed by atoms with Crippen LogP contribution >= 0.6 is 15.9 Å². The van der Waals surface area contributed by atoms with E-state index in [-0.39, 0.29) is 0 Å². The Hall–Kier alpha value is -0.780. The molecule has 0 aromatic heterocycles. The summed E-state index contributed by atoms with van der Waals surface area (Å²) in [6, 6.07) is 8.76. The molecule has 86 valence electrons. The lowest BCUT2D eigenvalue weighted by atomic mass is 10.0. The summed E-state index contributed by atoms with van der Waals surface area (Å²) >= 11 is 3.50. The average Bonchev–Trinajstić information content (AvgIpc) is 2.29. The molecule has 0 spiro atoms. The summed E-state index contributed by atoms with van der Waals surface area (Å²) in [6.45, 7) is 5.09. The molecule has 16 heavy (non-hydrogen) atoms. The van der Waals surface area contributed by atoms with Gasteiger partial charge in [0.05, 0.1) is 0 Å². The second kappa shape index (κ2) is 7.49. The van der Waals surface area contributed by atoms with Crippen molar-refractivity contribution in [1.29, 1.82) is 0 Å². The molecule has 1 N–H and O–H groups in total. The topological polar surface area (TPSA) is 12.0 Å². The maximum atomic E-state index is 3.52. The molecule has 0 saturated heterocycles. The molecule has 0 aliphatic rings. The molecule has 0 radical (unpaired) electrons. The second-order valence-electron chi connectivity index (χ2n) is 3.69. The molecular weight excluding hydrogens is 262 g/mol. The van der Waals surface area contributed by atoms with E-state index in [1.165, 1.54) is 5.56 Å². The summed E-state index contributed by atoms with van der Waals surface area (Å²) < 4.78 is 1.12. The monoisotopic (exact) mass is 279 g/mol. The second-order valence-corrected chi connectivity index (χ2v) is 4.61. The number of nitrogens with one attached hydrogen (secondary N) is 1. The minimum Gasteiger partial charge on any atom is -0.309 e. The number of benzene rings is 1. The molecule has 1 atom stereocenters. The van der Waals surface area contributed by atoms with E-state index < -0.39 is 0 Å². The van der Waals surface area contributed by atoms with Crippen LogP contribution < -0.4 is 5.32 Å². The Morgan fingerprint density at radius 1 is 1.44 bits per heavy atom. The highest BCUT2D eigenvalue weighted by Crippen LogP contribution is 2.20. The molecule has 0 aliphatic carbocycles. The molecule has 2 heteroatoms. The van der Waals surface area contributed by atoms with E-state index in [1.807, 2.05) is 13.0 Å². The molecule has 1 rings (SSSR count). The van der Waals surface area contributed by atoms with Gasteiger partial charge in [0.15, 0.2) is 0 Å². The van der Waals surface area contributed by atoms with Crippen LogP contribution in [0.15, 0.2) is 28.7 Å². The fraction of sp³-hybridized carbons (Fsp3) is 0.429. The average molecular weight is 280 g/mol. The van der Waals surface area contributed by atoms with Gasteiger partial charge in [0.25, 0.3) is 0 Å². The van der Waals surface area contributed by atoms with Crippen LogP contribution in [0.25, 0.3) is 0 Å². The van der Waals surface area contributed by atoms with Crippen molar-refractivity contribution >= 4 is 15.9 Å². The van der Waals surface area contributed by atoms with E-state index in [2.05, 4.69) is 58.2 Å². The summed E-state index contributed by atoms with van der Waals surface area (Å²) in [4.78, 5) is 0. The van der Waals surface area contributed by atoms with Gasteiger partial charge in [-0.05, 0) is 37.6 Å². The number of rotatable bonds is 5. The highest BCUT2D eigenvalue weighted by atomic mass is 79.9. The zero-order chi connectivity index (χ0) is 11.8. The first-order valence-corrected chi connectivity index (χ1v) is 6.45. The van der Waals surface area contributed by atoms with Gasteiger partial charge >= 0.3 is 0 Å². The van der Waals surface area contributed by atoms with E-state index in [0.29, 0.717) is 6.04 Å². The minimum absolute atomic E-state index is 0.338. The molecule has 0 bridgehead atoms. The van der Waals surface area contributed by atoms with Crippen LogP contribution in [-0.4, -0.2) is 6.54 Å². The lowest BCUT2D eigenvalue weighted by molar-refractivity contribution is 0.542. The van der Waals surface area contributed by atoms with Crippen LogP contribution in [0.2, 0.25) is 0 Å². The van der Waals surface area contributed by atoms with Crippen molar-refractivity contribution in [2.45, 2.75) is 32.7 Å². The summed E-state index contributed by atoms with van der Waals surface area (Å²) in [6.07, 6.45) is 2.01. The zero-order valence-corrected chi connectivity index (χ0v) is 11.5. The van der Waals surface area contributed by atoms with E-state index in [0.717, 1.165) is 23.9 Å². The van der Waals surface area contributed by atoms with E-state index in [4.69, 9.17) is 0 Å². The largest absolute Gasteiger partial charge is 0.309 e. The van der Waals surface area contributed by atoms with Gasteiger partial charge in [-0.15, -0.1) is 11.8 Å².